The number of aliphatic hydroxyl groups excluding tert-OH is 2. The molecule has 98 valence electrons. The molecule has 1 atom stereocenters. The summed E-state index contributed by atoms with van der Waals surface area (Å²) in [5.74, 6) is -1.21. The smallest absolute Gasteiger partial charge is 0.326 e. The van der Waals surface area contributed by atoms with Crippen LogP contribution in [0.4, 0.5) is 4.79 Å². The van der Waals surface area contributed by atoms with E-state index in [0.29, 0.717) is 0 Å². The van der Waals surface area contributed by atoms with Crippen LogP contribution in [-0.4, -0.2) is 64.6 Å². The predicted octanol–water partition coefficient (Wildman–Crippen LogP) is -0.988. The lowest BCUT2D eigenvalue weighted by molar-refractivity contribution is -0.139. The maximum absolute atomic E-state index is 11.6. The number of carboxylic acid groups (broad SMARTS) is 1. The molecular weight excluding hydrogens is 228 g/mol. The molecule has 0 saturated heterocycles. The van der Waals surface area contributed by atoms with E-state index < -0.39 is 18.0 Å². The van der Waals surface area contributed by atoms with E-state index in [2.05, 4.69) is 11.9 Å². The highest BCUT2D eigenvalue weighted by Crippen LogP contribution is 1.96. The first-order chi connectivity index (χ1) is 8.06. The number of carbonyl (C=O) groups excluding carboxylic acids is 1. The minimum atomic E-state index is -1.21. The Morgan fingerprint density at radius 3 is 2.41 bits per heavy atom. The standard InChI is InChI=1S/C10H18N2O5/c1-2-4-12(5-7-14)10(17)11-8(3-6-13)9(15)16/h2,8,13-14H,1,3-7H2,(H,11,17)(H,15,16)/t8-/m1/s1. The second-order valence-electron chi connectivity index (χ2n) is 3.31. The quantitative estimate of drug-likeness (QED) is 0.411. The average Bonchev–Trinajstić information content (AvgIpc) is 2.28. The Labute approximate surface area is 99.3 Å². The third-order valence-corrected chi connectivity index (χ3v) is 2.02. The van der Waals surface area contributed by atoms with Crippen LogP contribution in [0.1, 0.15) is 6.42 Å². The van der Waals surface area contributed by atoms with E-state index in [0.717, 1.165) is 0 Å². The lowest BCUT2D eigenvalue weighted by Gasteiger charge is -2.23. The van der Waals surface area contributed by atoms with Gasteiger partial charge in [0.15, 0.2) is 0 Å². The Kier molecular flexibility index (Phi) is 7.74. The van der Waals surface area contributed by atoms with Gasteiger partial charge in [0.25, 0.3) is 0 Å². The molecule has 17 heavy (non-hydrogen) atoms. The highest BCUT2D eigenvalue weighted by atomic mass is 16.4. The Balaban J connectivity index is 4.43. The molecule has 0 bridgehead atoms. The maximum atomic E-state index is 11.6. The van der Waals surface area contributed by atoms with Crippen LogP contribution < -0.4 is 5.32 Å². The zero-order chi connectivity index (χ0) is 13.3. The Morgan fingerprint density at radius 2 is 2.00 bits per heavy atom. The average molecular weight is 246 g/mol. The fourth-order valence-corrected chi connectivity index (χ4v) is 1.18. The first kappa shape index (κ1) is 15.4. The number of rotatable bonds is 8. The third-order valence-electron chi connectivity index (χ3n) is 2.02. The van der Waals surface area contributed by atoms with E-state index in [1.807, 2.05) is 0 Å². The number of carboxylic acids is 1. The number of carbonyl (C=O) groups is 2. The predicted molar refractivity (Wildman–Crippen MR) is 60.5 cm³/mol. The molecule has 0 saturated carbocycles. The van der Waals surface area contributed by atoms with Gasteiger partial charge in [0.2, 0.25) is 0 Å². The zero-order valence-electron chi connectivity index (χ0n) is 9.50. The summed E-state index contributed by atoms with van der Waals surface area (Å²) in [6.07, 6.45) is 1.40. The Bertz CT molecular complexity index is 269. The van der Waals surface area contributed by atoms with Crippen LogP contribution in [0.25, 0.3) is 0 Å². The van der Waals surface area contributed by atoms with Gasteiger partial charge < -0.3 is 25.5 Å². The fraction of sp³-hybridized carbons (Fsp3) is 0.600. The van der Waals surface area contributed by atoms with E-state index in [1.54, 1.807) is 0 Å². The molecule has 4 N–H and O–H groups in total. The van der Waals surface area contributed by atoms with Crippen LogP contribution in [0, 0.1) is 0 Å². The zero-order valence-corrected chi connectivity index (χ0v) is 9.50. The first-order valence-electron chi connectivity index (χ1n) is 5.17. The van der Waals surface area contributed by atoms with Crippen LogP contribution in [-0.2, 0) is 4.79 Å². The molecule has 7 nitrogen and oxygen atoms in total. The van der Waals surface area contributed by atoms with Crippen LogP contribution in [0.15, 0.2) is 12.7 Å². The molecule has 0 aromatic heterocycles. The molecule has 0 aliphatic carbocycles. The van der Waals surface area contributed by atoms with Crippen LogP contribution >= 0.6 is 0 Å². The van der Waals surface area contributed by atoms with E-state index >= 15 is 0 Å². The van der Waals surface area contributed by atoms with Crippen molar-refractivity contribution in [3.8, 4) is 0 Å². The van der Waals surface area contributed by atoms with E-state index in [-0.39, 0.29) is 32.7 Å². The number of aliphatic hydroxyl groups is 2. The van der Waals surface area contributed by atoms with Crippen molar-refractivity contribution < 1.29 is 24.9 Å². The number of nitrogens with zero attached hydrogens (tertiary/aromatic N) is 1. The monoisotopic (exact) mass is 246 g/mol. The number of amides is 2. The molecule has 0 rings (SSSR count). The molecule has 0 aliphatic heterocycles. The lowest BCUT2D eigenvalue weighted by atomic mass is 10.2. The van der Waals surface area contributed by atoms with Gasteiger partial charge in [-0.05, 0) is 0 Å². The van der Waals surface area contributed by atoms with E-state index in [1.165, 1.54) is 11.0 Å². The second kappa shape index (κ2) is 8.54. The van der Waals surface area contributed by atoms with Crippen molar-refractivity contribution in [2.75, 3.05) is 26.3 Å². The highest BCUT2D eigenvalue weighted by Gasteiger charge is 2.21. The number of aliphatic carboxylic acids is 1. The van der Waals surface area contributed by atoms with Gasteiger partial charge in [-0.3, -0.25) is 0 Å². The van der Waals surface area contributed by atoms with Gasteiger partial charge in [0.1, 0.15) is 6.04 Å². The van der Waals surface area contributed by atoms with Crippen molar-refractivity contribution in [1.82, 2.24) is 10.2 Å². The van der Waals surface area contributed by atoms with Gasteiger partial charge in [-0.15, -0.1) is 6.58 Å². The number of hydrogen-bond donors (Lipinski definition) is 4. The molecule has 0 aromatic carbocycles. The molecule has 0 aromatic rings. The van der Waals surface area contributed by atoms with Crippen molar-refractivity contribution in [1.29, 1.82) is 0 Å². The van der Waals surface area contributed by atoms with Crippen molar-refractivity contribution in [2.24, 2.45) is 0 Å². The number of hydrogen-bond acceptors (Lipinski definition) is 4. The number of nitrogens with one attached hydrogen (secondary N) is 1. The summed E-state index contributed by atoms with van der Waals surface area (Å²) in [6, 6.07) is -1.75. The summed E-state index contributed by atoms with van der Waals surface area (Å²) >= 11 is 0. The SMILES string of the molecule is C=CCN(CCO)C(=O)N[C@H](CCO)C(=O)O. The molecule has 0 fully saturated rings. The fourth-order valence-electron chi connectivity index (χ4n) is 1.18. The van der Waals surface area contributed by atoms with E-state index in [9.17, 15) is 9.59 Å². The highest BCUT2D eigenvalue weighted by molar-refractivity contribution is 5.82. The first-order valence-corrected chi connectivity index (χ1v) is 5.17. The Hall–Kier alpha value is -1.60. The lowest BCUT2D eigenvalue weighted by Crippen LogP contribution is -2.49. The second-order valence-corrected chi connectivity index (χ2v) is 3.31. The summed E-state index contributed by atoms with van der Waals surface area (Å²) < 4.78 is 0. The summed E-state index contributed by atoms with van der Waals surface area (Å²) in [5, 5.41) is 28.4. The molecule has 0 unspecified atom stereocenters. The van der Waals surface area contributed by atoms with Crippen LogP contribution in [0.5, 0.6) is 0 Å². The van der Waals surface area contributed by atoms with Gasteiger partial charge in [0, 0.05) is 26.1 Å². The van der Waals surface area contributed by atoms with Crippen molar-refractivity contribution in [2.45, 2.75) is 12.5 Å². The molecule has 0 radical (unpaired) electrons. The van der Waals surface area contributed by atoms with Crippen molar-refractivity contribution in [3.63, 3.8) is 0 Å². The summed E-state index contributed by atoms with van der Waals surface area (Å²) in [5.41, 5.74) is 0. The van der Waals surface area contributed by atoms with Gasteiger partial charge in [-0.25, -0.2) is 9.59 Å². The largest absolute Gasteiger partial charge is 0.480 e. The topological polar surface area (TPSA) is 110 Å². The molecular formula is C10H18N2O5. The third kappa shape index (κ3) is 5.88. The summed E-state index contributed by atoms with van der Waals surface area (Å²) in [4.78, 5) is 23.6. The molecule has 0 aliphatic rings. The van der Waals surface area contributed by atoms with Gasteiger partial charge in [0.05, 0.1) is 6.61 Å². The normalized spacial score (nSPS) is 11.6. The molecule has 2 amide bonds. The maximum Gasteiger partial charge on any atom is 0.326 e. The molecule has 0 spiro atoms. The van der Waals surface area contributed by atoms with Crippen molar-refractivity contribution >= 4 is 12.0 Å². The van der Waals surface area contributed by atoms with E-state index in [4.69, 9.17) is 15.3 Å². The summed E-state index contributed by atoms with van der Waals surface area (Å²) in [7, 11) is 0. The van der Waals surface area contributed by atoms with Gasteiger partial charge in [-0.1, -0.05) is 6.08 Å². The molecule has 7 heteroatoms. The summed E-state index contributed by atoms with van der Waals surface area (Å²) in [6.45, 7) is 3.19. The van der Waals surface area contributed by atoms with Crippen LogP contribution in [0.3, 0.4) is 0 Å². The minimum absolute atomic E-state index is 0.0673. The van der Waals surface area contributed by atoms with Gasteiger partial charge in [-0.2, -0.15) is 0 Å². The van der Waals surface area contributed by atoms with Crippen molar-refractivity contribution in [3.05, 3.63) is 12.7 Å². The van der Waals surface area contributed by atoms with Crippen LogP contribution in [0.2, 0.25) is 0 Å². The number of urea groups is 1. The minimum Gasteiger partial charge on any atom is -0.480 e. The van der Waals surface area contributed by atoms with Gasteiger partial charge >= 0.3 is 12.0 Å². The Morgan fingerprint density at radius 1 is 1.35 bits per heavy atom. The molecule has 0 heterocycles.